The number of nitrogens with one attached hydrogen (secondary N) is 2. The molecule has 3 aromatic rings. The number of imidazole rings is 1. The van der Waals surface area contributed by atoms with Crippen molar-refractivity contribution in [2.24, 2.45) is 0 Å². The predicted octanol–water partition coefficient (Wildman–Crippen LogP) is 3.93. The molecule has 7 heteroatoms. The zero-order valence-corrected chi connectivity index (χ0v) is 14.4. The van der Waals surface area contributed by atoms with Gasteiger partial charge in [-0.1, -0.05) is 6.42 Å². The molecule has 4 rings (SSSR count). The van der Waals surface area contributed by atoms with Crippen LogP contribution in [0.3, 0.4) is 0 Å². The van der Waals surface area contributed by atoms with Gasteiger partial charge in [0.25, 0.3) is 0 Å². The van der Waals surface area contributed by atoms with Gasteiger partial charge >= 0.3 is 0 Å². The number of nitrogens with zero attached hydrogens (tertiary/aromatic N) is 3. The molecule has 24 heavy (non-hydrogen) atoms. The van der Waals surface area contributed by atoms with Crippen LogP contribution in [0.4, 0.5) is 9.52 Å². The molecule has 3 heterocycles. The Morgan fingerprint density at radius 1 is 1.38 bits per heavy atom. The van der Waals surface area contributed by atoms with Crippen LogP contribution < -0.4 is 5.32 Å². The van der Waals surface area contributed by atoms with Crippen LogP contribution in [-0.4, -0.2) is 33.4 Å². The molecule has 2 N–H and O–H groups in total. The average molecular weight is 345 g/mol. The number of H-pyrrole nitrogens is 1. The maximum absolute atomic E-state index is 13.4. The number of fused-ring (bicyclic) bond motifs is 1. The Kier molecular flexibility index (Phi) is 4.20. The minimum absolute atomic E-state index is 0.231. The van der Waals surface area contributed by atoms with Crippen molar-refractivity contribution >= 4 is 27.5 Å². The lowest BCUT2D eigenvalue weighted by atomic mass is 10.0. The van der Waals surface area contributed by atoms with Gasteiger partial charge in [0.05, 0.1) is 22.8 Å². The van der Waals surface area contributed by atoms with Gasteiger partial charge in [-0.3, -0.25) is 4.90 Å². The number of aromatic nitrogens is 3. The summed E-state index contributed by atoms with van der Waals surface area (Å²) in [7, 11) is 1.89. The lowest BCUT2D eigenvalue weighted by Gasteiger charge is -2.33. The summed E-state index contributed by atoms with van der Waals surface area (Å²) in [6, 6.07) is 4.94. The first-order chi connectivity index (χ1) is 11.7. The number of halogens is 1. The molecule has 1 saturated heterocycles. The molecule has 2 aromatic heterocycles. The second kappa shape index (κ2) is 6.49. The minimum atomic E-state index is -0.236. The predicted molar refractivity (Wildman–Crippen MR) is 94.7 cm³/mol. The fourth-order valence-corrected chi connectivity index (χ4v) is 4.01. The summed E-state index contributed by atoms with van der Waals surface area (Å²) >= 11 is 1.63. The lowest BCUT2D eigenvalue weighted by Crippen LogP contribution is -2.33. The average Bonchev–Trinajstić information content (AvgIpc) is 3.21. The van der Waals surface area contributed by atoms with E-state index in [2.05, 4.69) is 25.6 Å². The molecule has 1 fully saturated rings. The van der Waals surface area contributed by atoms with E-state index < -0.39 is 0 Å². The number of piperidine rings is 1. The van der Waals surface area contributed by atoms with E-state index in [1.165, 1.54) is 25.0 Å². The fourth-order valence-electron chi connectivity index (χ4n) is 3.35. The molecule has 1 atom stereocenters. The Bertz CT molecular complexity index is 842. The fraction of sp³-hybridized carbons (Fsp3) is 0.412. The zero-order valence-electron chi connectivity index (χ0n) is 13.6. The number of aromatic amines is 1. The van der Waals surface area contributed by atoms with Crippen molar-refractivity contribution in [1.82, 2.24) is 19.9 Å². The SMILES string of the molecule is CNc1nc(CN2CCCC[C@H]2c2nc3ccc(F)cc3[nH]2)cs1. The summed E-state index contributed by atoms with van der Waals surface area (Å²) in [6.45, 7) is 1.84. The molecule has 0 spiro atoms. The van der Waals surface area contributed by atoms with Gasteiger partial charge in [0, 0.05) is 19.0 Å². The Balaban J connectivity index is 1.60. The van der Waals surface area contributed by atoms with Gasteiger partial charge in [0.1, 0.15) is 11.6 Å². The number of hydrogen-bond acceptors (Lipinski definition) is 5. The largest absolute Gasteiger partial charge is 0.365 e. The van der Waals surface area contributed by atoms with Crippen LogP contribution >= 0.6 is 11.3 Å². The number of rotatable bonds is 4. The first-order valence-electron chi connectivity index (χ1n) is 8.24. The van der Waals surface area contributed by atoms with Crippen LogP contribution in [0.5, 0.6) is 0 Å². The highest BCUT2D eigenvalue weighted by atomic mass is 32.1. The molecule has 1 aromatic carbocycles. The van der Waals surface area contributed by atoms with Gasteiger partial charge in [0.2, 0.25) is 0 Å². The van der Waals surface area contributed by atoms with E-state index in [9.17, 15) is 4.39 Å². The minimum Gasteiger partial charge on any atom is -0.365 e. The molecule has 0 saturated carbocycles. The standard InChI is InChI=1S/C17H20FN5S/c1-19-17-20-12(10-24-17)9-23-7-3-2-4-15(23)16-21-13-6-5-11(18)8-14(13)22-16/h5-6,8,10,15H,2-4,7,9H2,1H3,(H,19,20)(H,21,22)/t15-/m0/s1. The number of anilines is 1. The smallest absolute Gasteiger partial charge is 0.182 e. The summed E-state index contributed by atoms with van der Waals surface area (Å²) in [5, 5.41) is 6.13. The third-order valence-corrected chi connectivity index (χ3v) is 5.43. The normalized spacial score (nSPS) is 19.0. The van der Waals surface area contributed by atoms with Crippen molar-refractivity contribution in [3.8, 4) is 0 Å². The Morgan fingerprint density at radius 2 is 2.29 bits per heavy atom. The first kappa shape index (κ1) is 15.5. The molecule has 0 radical (unpaired) electrons. The van der Waals surface area contributed by atoms with E-state index in [1.54, 1.807) is 17.4 Å². The van der Waals surface area contributed by atoms with Crippen molar-refractivity contribution in [3.63, 3.8) is 0 Å². The molecular formula is C17H20FN5S. The van der Waals surface area contributed by atoms with Gasteiger partial charge in [-0.15, -0.1) is 11.3 Å². The van der Waals surface area contributed by atoms with E-state index in [4.69, 9.17) is 4.98 Å². The van der Waals surface area contributed by atoms with Crippen molar-refractivity contribution in [2.75, 3.05) is 18.9 Å². The van der Waals surface area contributed by atoms with Gasteiger partial charge in [-0.2, -0.15) is 0 Å². The van der Waals surface area contributed by atoms with Crippen molar-refractivity contribution < 1.29 is 4.39 Å². The molecule has 5 nitrogen and oxygen atoms in total. The van der Waals surface area contributed by atoms with Gasteiger partial charge in [-0.05, 0) is 37.6 Å². The third-order valence-electron chi connectivity index (χ3n) is 4.52. The van der Waals surface area contributed by atoms with Crippen molar-refractivity contribution in [1.29, 1.82) is 0 Å². The second-order valence-electron chi connectivity index (χ2n) is 6.16. The van der Waals surface area contributed by atoms with Gasteiger partial charge in [0.15, 0.2) is 5.13 Å². The number of likely N-dealkylation sites (tertiary alicyclic amines) is 1. The number of benzene rings is 1. The quantitative estimate of drug-likeness (QED) is 0.752. The molecule has 0 bridgehead atoms. The third kappa shape index (κ3) is 3.01. The summed E-state index contributed by atoms with van der Waals surface area (Å²) in [6.07, 6.45) is 3.44. The summed E-state index contributed by atoms with van der Waals surface area (Å²) in [4.78, 5) is 15.0. The van der Waals surface area contributed by atoms with Crippen LogP contribution in [0.15, 0.2) is 23.6 Å². The molecule has 0 aliphatic carbocycles. The maximum atomic E-state index is 13.4. The molecule has 1 aliphatic heterocycles. The maximum Gasteiger partial charge on any atom is 0.182 e. The Hall–Kier alpha value is -1.99. The van der Waals surface area contributed by atoms with E-state index >= 15 is 0 Å². The van der Waals surface area contributed by atoms with Gasteiger partial charge in [-0.25, -0.2) is 14.4 Å². The van der Waals surface area contributed by atoms with Gasteiger partial charge < -0.3 is 10.3 Å². The van der Waals surface area contributed by atoms with Crippen LogP contribution in [0.25, 0.3) is 11.0 Å². The topological polar surface area (TPSA) is 56.8 Å². The van der Waals surface area contributed by atoms with E-state index in [-0.39, 0.29) is 11.9 Å². The number of thiazole rings is 1. The highest BCUT2D eigenvalue weighted by Gasteiger charge is 2.27. The first-order valence-corrected chi connectivity index (χ1v) is 9.12. The van der Waals surface area contributed by atoms with Crippen molar-refractivity contribution in [3.05, 3.63) is 40.9 Å². The monoisotopic (exact) mass is 345 g/mol. The number of hydrogen-bond donors (Lipinski definition) is 2. The molecule has 0 unspecified atom stereocenters. The van der Waals surface area contributed by atoms with E-state index in [1.807, 2.05) is 7.05 Å². The summed E-state index contributed by atoms with van der Waals surface area (Å²) in [5.41, 5.74) is 2.67. The molecular weight excluding hydrogens is 325 g/mol. The van der Waals surface area contributed by atoms with Crippen LogP contribution in [0.1, 0.15) is 36.8 Å². The Morgan fingerprint density at radius 3 is 3.12 bits per heavy atom. The van der Waals surface area contributed by atoms with E-state index in [0.717, 1.165) is 47.2 Å². The summed E-state index contributed by atoms with van der Waals surface area (Å²) < 4.78 is 13.4. The zero-order chi connectivity index (χ0) is 16.5. The molecule has 0 amide bonds. The highest BCUT2D eigenvalue weighted by Crippen LogP contribution is 2.32. The highest BCUT2D eigenvalue weighted by molar-refractivity contribution is 7.13. The van der Waals surface area contributed by atoms with Crippen molar-refractivity contribution in [2.45, 2.75) is 31.8 Å². The summed E-state index contributed by atoms with van der Waals surface area (Å²) in [5.74, 6) is 0.694. The van der Waals surface area contributed by atoms with Crippen LogP contribution in [-0.2, 0) is 6.54 Å². The molecule has 126 valence electrons. The van der Waals surface area contributed by atoms with E-state index in [0.29, 0.717) is 0 Å². The molecule has 1 aliphatic rings. The second-order valence-corrected chi connectivity index (χ2v) is 7.02. The Labute approximate surface area is 143 Å². The lowest BCUT2D eigenvalue weighted by molar-refractivity contribution is 0.133. The van der Waals surface area contributed by atoms with Crippen LogP contribution in [0, 0.1) is 5.82 Å². The van der Waals surface area contributed by atoms with Crippen LogP contribution in [0.2, 0.25) is 0 Å².